The second kappa shape index (κ2) is 5.84. The fourth-order valence-corrected chi connectivity index (χ4v) is 3.70. The van der Waals surface area contributed by atoms with Gasteiger partial charge in [0.05, 0.1) is 10.5 Å². The van der Waals surface area contributed by atoms with Crippen molar-refractivity contribution < 1.29 is 0 Å². The van der Waals surface area contributed by atoms with Crippen molar-refractivity contribution in [2.45, 2.75) is 52.1 Å². The third-order valence-electron chi connectivity index (χ3n) is 4.46. The van der Waals surface area contributed by atoms with E-state index >= 15 is 0 Å². The van der Waals surface area contributed by atoms with Gasteiger partial charge >= 0.3 is 0 Å². The Bertz CT molecular complexity index is 647. The third kappa shape index (κ3) is 2.50. The molecule has 21 heavy (non-hydrogen) atoms. The third-order valence-corrected chi connectivity index (χ3v) is 5.21. The van der Waals surface area contributed by atoms with Gasteiger partial charge in [0, 0.05) is 11.6 Å². The van der Waals surface area contributed by atoms with Gasteiger partial charge in [-0.05, 0) is 47.7 Å². The van der Waals surface area contributed by atoms with Crippen molar-refractivity contribution in [1.29, 1.82) is 0 Å². The summed E-state index contributed by atoms with van der Waals surface area (Å²) >= 11 is 3.78. The van der Waals surface area contributed by atoms with E-state index in [9.17, 15) is 0 Å². The lowest BCUT2D eigenvalue weighted by atomic mass is 10.0. The van der Waals surface area contributed by atoms with Crippen molar-refractivity contribution in [3.05, 3.63) is 34.3 Å². The number of benzene rings is 1. The van der Waals surface area contributed by atoms with Crippen molar-refractivity contribution in [2.75, 3.05) is 5.32 Å². The molecule has 0 saturated heterocycles. The van der Waals surface area contributed by atoms with Crippen LogP contribution in [0.15, 0.2) is 28.7 Å². The molecule has 4 heteroatoms. The van der Waals surface area contributed by atoms with Crippen molar-refractivity contribution in [3.8, 4) is 11.3 Å². The van der Waals surface area contributed by atoms with Gasteiger partial charge in [-0.2, -0.15) is 5.10 Å². The lowest BCUT2D eigenvalue weighted by Crippen LogP contribution is -2.31. The lowest BCUT2D eigenvalue weighted by molar-refractivity contribution is 0.363. The number of rotatable bonds is 3. The molecule has 1 aliphatic rings. The van der Waals surface area contributed by atoms with Gasteiger partial charge in [0.15, 0.2) is 0 Å². The molecular formula is C17H22BrN3. The van der Waals surface area contributed by atoms with E-state index in [4.69, 9.17) is 5.10 Å². The molecular weight excluding hydrogens is 326 g/mol. The summed E-state index contributed by atoms with van der Waals surface area (Å²) in [5, 5.41) is 8.55. The van der Waals surface area contributed by atoms with Gasteiger partial charge in [-0.25, -0.2) is 4.68 Å². The molecule has 3 rings (SSSR count). The molecule has 0 saturated carbocycles. The first kappa shape index (κ1) is 14.6. The van der Waals surface area contributed by atoms with Gasteiger partial charge in [0.1, 0.15) is 11.5 Å². The number of anilines is 1. The van der Waals surface area contributed by atoms with Crippen molar-refractivity contribution in [1.82, 2.24) is 9.78 Å². The Kier molecular flexibility index (Phi) is 4.07. The molecule has 2 aromatic rings. The number of aromatic nitrogens is 2. The zero-order valence-corrected chi connectivity index (χ0v) is 14.4. The van der Waals surface area contributed by atoms with E-state index in [-0.39, 0.29) is 0 Å². The molecule has 2 heterocycles. The van der Waals surface area contributed by atoms with Crippen LogP contribution in [0.1, 0.15) is 44.7 Å². The summed E-state index contributed by atoms with van der Waals surface area (Å²) in [5.74, 6) is 1.14. The fraction of sp³-hybridized carbons (Fsp3) is 0.471. The number of nitrogens with zero attached hydrogens (tertiary/aromatic N) is 2. The number of fused-ring (bicyclic) bond motifs is 1. The monoisotopic (exact) mass is 347 g/mol. The first-order valence-electron chi connectivity index (χ1n) is 7.76. The highest BCUT2D eigenvalue weighted by molar-refractivity contribution is 9.10. The van der Waals surface area contributed by atoms with E-state index in [0.717, 1.165) is 35.2 Å². The molecule has 1 N–H and O–H groups in total. The van der Waals surface area contributed by atoms with Crippen LogP contribution in [0.3, 0.4) is 0 Å². The number of aryl methyl sites for hydroxylation is 1. The Morgan fingerprint density at radius 3 is 2.71 bits per heavy atom. The Hall–Kier alpha value is -1.29. The molecule has 2 unspecified atom stereocenters. The van der Waals surface area contributed by atoms with Crippen LogP contribution in [0.2, 0.25) is 0 Å². The highest BCUT2D eigenvalue weighted by Crippen LogP contribution is 2.41. The summed E-state index contributed by atoms with van der Waals surface area (Å²) in [6.07, 6.45) is 3.42. The average Bonchev–Trinajstić information content (AvgIpc) is 2.84. The van der Waals surface area contributed by atoms with Crippen molar-refractivity contribution in [2.24, 2.45) is 0 Å². The molecule has 0 spiro atoms. The first-order valence-corrected chi connectivity index (χ1v) is 8.55. The van der Waals surface area contributed by atoms with Crippen molar-refractivity contribution in [3.63, 3.8) is 0 Å². The average molecular weight is 348 g/mol. The molecule has 112 valence electrons. The van der Waals surface area contributed by atoms with Gasteiger partial charge in [0.2, 0.25) is 0 Å². The maximum Gasteiger partial charge on any atom is 0.139 e. The van der Waals surface area contributed by atoms with E-state index < -0.39 is 0 Å². The summed E-state index contributed by atoms with van der Waals surface area (Å²) in [6, 6.07) is 9.46. The molecule has 1 aromatic heterocycles. The van der Waals surface area contributed by atoms with Crippen LogP contribution >= 0.6 is 15.9 Å². The minimum absolute atomic E-state index is 0.486. The first-order chi connectivity index (χ1) is 10.2. The van der Waals surface area contributed by atoms with Crippen LogP contribution in [0, 0.1) is 6.92 Å². The standard InChI is InChI=1S/C17H22BrN3/c1-4-12-10-13(5-2)21-17(19-12)15(18)16(20-21)14-9-7-6-8-11(14)3/h6-9,12-13,19H,4-5,10H2,1-3H3. The Morgan fingerprint density at radius 1 is 1.29 bits per heavy atom. The molecule has 0 radical (unpaired) electrons. The highest BCUT2D eigenvalue weighted by atomic mass is 79.9. The smallest absolute Gasteiger partial charge is 0.139 e. The topological polar surface area (TPSA) is 29.9 Å². The summed E-state index contributed by atoms with van der Waals surface area (Å²) in [5.41, 5.74) is 3.51. The Balaban J connectivity index is 2.11. The van der Waals surface area contributed by atoms with Crippen LogP contribution in [0.5, 0.6) is 0 Å². The minimum Gasteiger partial charge on any atom is -0.367 e. The minimum atomic E-state index is 0.486. The number of hydrogen-bond acceptors (Lipinski definition) is 2. The molecule has 1 aliphatic heterocycles. The molecule has 0 fully saturated rings. The van der Waals surface area contributed by atoms with Gasteiger partial charge in [-0.1, -0.05) is 38.1 Å². The maximum absolute atomic E-state index is 4.91. The van der Waals surface area contributed by atoms with Crippen LogP contribution < -0.4 is 5.32 Å². The van der Waals surface area contributed by atoms with Gasteiger partial charge in [-0.3, -0.25) is 0 Å². The Labute approximate surface area is 134 Å². The second-order valence-corrected chi connectivity index (χ2v) is 6.61. The molecule has 2 atom stereocenters. The summed E-state index contributed by atoms with van der Waals surface area (Å²) in [6.45, 7) is 6.63. The van der Waals surface area contributed by atoms with Crippen LogP contribution in [0.4, 0.5) is 5.82 Å². The van der Waals surface area contributed by atoms with E-state index in [1.807, 2.05) is 0 Å². The molecule has 1 aromatic carbocycles. The number of halogens is 1. The van der Waals surface area contributed by atoms with Crippen LogP contribution in [-0.2, 0) is 0 Å². The van der Waals surface area contributed by atoms with Gasteiger partial charge < -0.3 is 5.32 Å². The molecule has 0 aliphatic carbocycles. The molecule has 0 amide bonds. The summed E-state index contributed by atoms with van der Waals surface area (Å²) in [4.78, 5) is 0. The number of hydrogen-bond donors (Lipinski definition) is 1. The molecule has 0 bridgehead atoms. The predicted octanol–water partition coefficient (Wildman–Crippen LogP) is 5.17. The zero-order valence-electron chi connectivity index (χ0n) is 12.9. The largest absolute Gasteiger partial charge is 0.367 e. The van der Waals surface area contributed by atoms with E-state index in [2.05, 4.69) is 71.0 Å². The maximum atomic E-state index is 4.91. The fourth-order valence-electron chi connectivity index (χ4n) is 3.11. The van der Waals surface area contributed by atoms with Crippen molar-refractivity contribution >= 4 is 21.7 Å². The quantitative estimate of drug-likeness (QED) is 0.830. The summed E-state index contributed by atoms with van der Waals surface area (Å²) in [7, 11) is 0. The van der Waals surface area contributed by atoms with Gasteiger partial charge in [0.25, 0.3) is 0 Å². The SMILES string of the molecule is CCC1CC(CC)n2nc(-c3ccccc3C)c(Br)c2N1. The normalized spacial score (nSPS) is 21.0. The van der Waals surface area contributed by atoms with E-state index in [1.165, 1.54) is 11.1 Å². The Morgan fingerprint density at radius 2 is 2.05 bits per heavy atom. The summed E-state index contributed by atoms with van der Waals surface area (Å²) < 4.78 is 3.27. The lowest BCUT2D eigenvalue weighted by Gasteiger charge is -2.31. The van der Waals surface area contributed by atoms with Crippen LogP contribution in [-0.4, -0.2) is 15.8 Å². The molecule has 3 nitrogen and oxygen atoms in total. The van der Waals surface area contributed by atoms with Gasteiger partial charge in [-0.15, -0.1) is 0 Å². The zero-order chi connectivity index (χ0) is 15.0. The predicted molar refractivity (Wildman–Crippen MR) is 91.7 cm³/mol. The van der Waals surface area contributed by atoms with E-state index in [1.54, 1.807) is 0 Å². The number of nitrogens with one attached hydrogen (secondary N) is 1. The van der Waals surface area contributed by atoms with E-state index in [0.29, 0.717) is 12.1 Å². The second-order valence-electron chi connectivity index (χ2n) is 5.82. The van der Waals surface area contributed by atoms with Crippen LogP contribution in [0.25, 0.3) is 11.3 Å². The highest BCUT2D eigenvalue weighted by Gasteiger charge is 2.29.